The van der Waals surface area contributed by atoms with Crippen molar-refractivity contribution in [2.45, 2.75) is 6.18 Å². The van der Waals surface area contributed by atoms with Gasteiger partial charge in [-0.15, -0.1) is 0 Å². The molecule has 0 saturated heterocycles. The second-order valence-electron chi connectivity index (χ2n) is 6.91. The summed E-state index contributed by atoms with van der Waals surface area (Å²) >= 11 is 0. The van der Waals surface area contributed by atoms with E-state index in [1.165, 1.54) is 12.0 Å². The van der Waals surface area contributed by atoms with E-state index in [2.05, 4.69) is 5.32 Å². The van der Waals surface area contributed by atoms with Crippen LogP contribution in [0, 0.1) is 0 Å². The lowest BCUT2D eigenvalue weighted by molar-refractivity contribution is -0.138. The number of carbonyl (C=O) groups excluding carboxylic acids is 2. The first-order valence-electron chi connectivity index (χ1n) is 9.69. The minimum absolute atomic E-state index is 0.0155. The highest BCUT2D eigenvalue weighted by Crippen LogP contribution is 2.38. The van der Waals surface area contributed by atoms with Crippen LogP contribution in [0.3, 0.4) is 0 Å². The van der Waals surface area contributed by atoms with Gasteiger partial charge in [-0.05, 0) is 42.5 Å². The molecule has 1 aliphatic rings. The number of esters is 1. The molecule has 33 heavy (non-hydrogen) atoms. The number of nitrogens with zero attached hydrogens (tertiary/aromatic N) is 1. The van der Waals surface area contributed by atoms with Gasteiger partial charge in [0.05, 0.1) is 44.2 Å². The van der Waals surface area contributed by atoms with E-state index in [1.54, 1.807) is 24.3 Å². The van der Waals surface area contributed by atoms with Crippen molar-refractivity contribution in [1.82, 2.24) is 4.90 Å². The number of anilines is 1. The number of nitrogens with one attached hydrogen (secondary N) is 1. The lowest BCUT2D eigenvalue weighted by Gasteiger charge is -2.18. The van der Waals surface area contributed by atoms with Crippen LogP contribution in [0.5, 0.6) is 17.2 Å². The number of ether oxygens (including phenoxy) is 3. The summed E-state index contributed by atoms with van der Waals surface area (Å²) < 4.78 is 55.6. The smallest absolute Gasteiger partial charge is 0.416 e. The molecule has 0 radical (unpaired) electrons. The first kappa shape index (κ1) is 23.9. The molecule has 2 aromatic carbocycles. The molecule has 0 saturated carbocycles. The second-order valence-corrected chi connectivity index (χ2v) is 6.91. The van der Waals surface area contributed by atoms with Crippen LogP contribution in [-0.2, 0) is 20.5 Å². The Labute approximate surface area is 187 Å². The molecule has 0 spiro atoms. The number of benzene rings is 2. The number of carbonyl (C=O) groups is 2. The third-order valence-electron chi connectivity index (χ3n) is 4.81. The molecule has 0 aromatic heterocycles. The molecular formula is C22H21F3N2O6. The third-order valence-corrected chi connectivity index (χ3v) is 4.81. The molecule has 0 fully saturated rings. The average molecular weight is 466 g/mol. The van der Waals surface area contributed by atoms with Crippen molar-refractivity contribution in [1.29, 1.82) is 0 Å². The first-order chi connectivity index (χ1) is 15.7. The SMILES string of the molecule is COC(=O)C1=C(Nc2cc(C(F)(F)F)ccc2Oc2ccc(OC)cc2)C(=O)N(CCO)C1. The van der Waals surface area contributed by atoms with Crippen LogP contribution in [-0.4, -0.2) is 55.8 Å². The van der Waals surface area contributed by atoms with E-state index in [0.29, 0.717) is 11.5 Å². The standard InChI is InChI=1S/C22H21F3N2O6/c1-31-14-4-6-15(7-5-14)33-18-8-3-13(22(23,24)25)11-17(18)26-19-16(21(30)32-2)12-27(9-10-28)20(19)29/h3-8,11,26,28H,9-10,12H2,1-2H3. The predicted molar refractivity (Wildman–Crippen MR) is 111 cm³/mol. The lowest BCUT2D eigenvalue weighted by atomic mass is 10.1. The van der Waals surface area contributed by atoms with Gasteiger partial charge in [-0.25, -0.2) is 4.79 Å². The van der Waals surface area contributed by atoms with Gasteiger partial charge < -0.3 is 29.5 Å². The molecule has 1 heterocycles. The van der Waals surface area contributed by atoms with Crippen molar-refractivity contribution in [3.63, 3.8) is 0 Å². The van der Waals surface area contributed by atoms with Crippen LogP contribution in [0.15, 0.2) is 53.7 Å². The van der Waals surface area contributed by atoms with Gasteiger partial charge in [0, 0.05) is 6.54 Å². The van der Waals surface area contributed by atoms with E-state index in [0.717, 1.165) is 25.3 Å². The molecule has 3 rings (SSSR count). The molecule has 2 N–H and O–H groups in total. The topological polar surface area (TPSA) is 97.3 Å². The number of aliphatic hydroxyl groups excluding tert-OH is 1. The van der Waals surface area contributed by atoms with Crippen LogP contribution in [0.1, 0.15) is 5.56 Å². The summed E-state index contributed by atoms with van der Waals surface area (Å²) in [6.07, 6.45) is -4.66. The average Bonchev–Trinajstić information content (AvgIpc) is 3.09. The molecule has 0 bridgehead atoms. The zero-order valence-corrected chi connectivity index (χ0v) is 17.7. The van der Waals surface area contributed by atoms with E-state index in [9.17, 15) is 27.9 Å². The maximum Gasteiger partial charge on any atom is 0.416 e. The van der Waals surface area contributed by atoms with Crippen LogP contribution in [0.4, 0.5) is 18.9 Å². The van der Waals surface area contributed by atoms with Gasteiger partial charge in [-0.1, -0.05) is 0 Å². The number of hydrogen-bond acceptors (Lipinski definition) is 7. The van der Waals surface area contributed by atoms with E-state index in [-0.39, 0.29) is 42.4 Å². The highest BCUT2D eigenvalue weighted by molar-refractivity contribution is 6.08. The molecule has 1 amide bonds. The highest BCUT2D eigenvalue weighted by atomic mass is 19.4. The van der Waals surface area contributed by atoms with E-state index < -0.39 is 23.6 Å². The zero-order chi connectivity index (χ0) is 24.2. The Bertz CT molecular complexity index is 1070. The number of alkyl halides is 3. The molecule has 0 atom stereocenters. The predicted octanol–water partition coefficient (Wildman–Crippen LogP) is 3.18. The van der Waals surface area contributed by atoms with Crippen molar-refractivity contribution in [3.05, 3.63) is 59.3 Å². The first-order valence-corrected chi connectivity index (χ1v) is 9.69. The van der Waals surface area contributed by atoms with Gasteiger partial charge in [0.15, 0.2) is 5.75 Å². The number of β-amino-alcohol motifs (C(OH)–C–C–N with tert-alkyl or cyclic N) is 1. The van der Waals surface area contributed by atoms with Crippen LogP contribution in [0.2, 0.25) is 0 Å². The molecule has 11 heteroatoms. The number of hydrogen-bond donors (Lipinski definition) is 2. The lowest BCUT2D eigenvalue weighted by Crippen LogP contribution is -2.31. The van der Waals surface area contributed by atoms with Crippen molar-refractivity contribution in [2.24, 2.45) is 0 Å². The number of methoxy groups -OCH3 is 2. The maximum absolute atomic E-state index is 13.4. The summed E-state index contributed by atoms with van der Waals surface area (Å²) in [5, 5.41) is 11.8. The van der Waals surface area contributed by atoms with Crippen molar-refractivity contribution in [2.75, 3.05) is 39.2 Å². The third kappa shape index (κ3) is 5.37. The molecule has 2 aromatic rings. The Morgan fingerprint density at radius 1 is 1.12 bits per heavy atom. The minimum atomic E-state index is -4.66. The maximum atomic E-state index is 13.4. The fraction of sp³-hybridized carbons (Fsp3) is 0.273. The summed E-state index contributed by atoms with van der Waals surface area (Å²) in [6, 6.07) is 9.07. The van der Waals surface area contributed by atoms with Gasteiger partial charge in [0.2, 0.25) is 0 Å². The van der Waals surface area contributed by atoms with Crippen LogP contribution in [0.25, 0.3) is 0 Å². The molecule has 0 unspecified atom stereocenters. The van der Waals surface area contributed by atoms with Crippen LogP contribution >= 0.6 is 0 Å². The minimum Gasteiger partial charge on any atom is -0.497 e. The van der Waals surface area contributed by atoms with Gasteiger partial charge in [-0.3, -0.25) is 4.79 Å². The summed E-state index contributed by atoms with van der Waals surface area (Å²) in [6.45, 7) is -0.590. The fourth-order valence-corrected chi connectivity index (χ4v) is 3.15. The largest absolute Gasteiger partial charge is 0.497 e. The Morgan fingerprint density at radius 2 is 1.79 bits per heavy atom. The quantitative estimate of drug-likeness (QED) is 0.577. The molecular weight excluding hydrogens is 445 g/mol. The number of amides is 1. The van der Waals surface area contributed by atoms with Gasteiger partial charge in [0.25, 0.3) is 5.91 Å². The number of halogens is 3. The fourth-order valence-electron chi connectivity index (χ4n) is 3.15. The second kappa shape index (κ2) is 9.82. The van der Waals surface area contributed by atoms with E-state index >= 15 is 0 Å². The number of rotatable bonds is 8. The van der Waals surface area contributed by atoms with Crippen molar-refractivity contribution < 1.29 is 42.1 Å². The van der Waals surface area contributed by atoms with Crippen molar-refractivity contribution >= 4 is 17.6 Å². The Morgan fingerprint density at radius 3 is 2.36 bits per heavy atom. The Balaban J connectivity index is 2.02. The van der Waals surface area contributed by atoms with E-state index in [1.807, 2.05) is 0 Å². The number of aliphatic hydroxyl groups is 1. The van der Waals surface area contributed by atoms with Gasteiger partial charge in [-0.2, -0.15) is 13.2 Å². The van der Waals surface area contributed by atoms with E-state index in [4.69, 9.17) is 14.2 Å². The zero-order valence-electron chi connectivity index (χ0n) is 17.7. The molecule has 1 aliphatic heterocycles. The Hall–Kier alpha value is -3.73. The Kier molecular flexibility index (Phi) is 7.12. The summed E-state index contributed by atoms with van der Waals surface area (Å²) in [7, 11) is 2.60. The molecule has 0 aliphatic carbocycles. The summed E-state index contributed by atoms with van der Waals surface area (Å²) in [4.78, 5) is 26.1. The van der Waals surface area contributed by atoms with Gasteiger partial charge >= 0.3 is 12.1 Å². The summed E-state index contributed by atoms with van der Waals surface area (Å²) in [5.74, 6) is -0.645. The molecule has 8 nitrogen and oxygen atoms in total. The van der Waals surface area contributed by atoms with Crippen molar-refractivity contribution in [3.8, 4) is 17.2 Å². The normalized spacial score (nSPS) is 13.9. The van der Waals surface area contributed by atoms with Gasteiger partial charge in [0.1, 0.15) is 17.2 Å². The van der Waals surface area contributed by atoms with Crippen LogP contribution < -0.4 is 14.8 Å². The summed E-state index contributed by atoms with van der Waals surface area (Å²) in [5.41, 5.74) is -1.50. The highest BCUT2D eigenvalue weighted by Gasteiger charge is 2.36. The molecule has 176 valence electrons. The monoisotopic (exact) mass is 466 g/mol.